The van der Waals surface area contributed by atoms with Gasteiger partial charge in [-0.2, -0.15) is 4.40 Å². The SMILES string of the molecule is Cc1c2cc3c(cc2cc2c4cc5c(cc4cc[n+]12)CCO5)OCO3. The molecule has 2 aliphatic rings. The average Bonchev–Trinajstić information content (AvgIpc) is 3.26. The van der Waals surface area contributed by atoms with E-state index < -0.39 is 0 Å². The largest absolute Gasteiger partial charge is 0.493 e. The molecular formula is C21H16NO3+. The van der Waals surface area contributed by atoms with Crippen molar-refractivity contribution in [1.29, 1.82) is 0 Å². The van der Waals surface area contributed by atoms with Crippen molar-refractivity contribution in [2.75, 3.05) is 13.4 Å². The molecule has 0 spiro atoms. The van der Waals surface area contributed by atoms with Crippen LogP contribution in [0, 0.1) is 6.92 Å². The summed E-state index contributed by atoms with van der Waals surface area (Å²) in [5, 5.41) is 4.81. The molecule has 6 rings (SSSR count). The zero-order valence-electron chi connectivity index (χ0n) is 13.8. The number of ether oxygens (including phenoxy) is 3. The minimum Gasteiger partial charge on any atom is -0.493 e. The van der Waals surface area contributed by atoms with Gasteiger partial charge in [-0.3, -0.25) is 0 Å². The van der Waals surface area contributed by atoms with Crippen molar-refractivity contribution in [2.24, 2.45) is 0 Å². The number of aryl methyl sites for hydroxylation is 1. The Kier molecular flexibility index (Phi) is 2.41. The van der Waals surface area contributed by atoms with Gasteiger partial charge in [0.25, 0.3) is 0 Å². The van der Waals surface area contributed by atoms with E-state index in [2.05, 4.69) is 53.9 Å². The van der Waals surface area contributed by atoms with Gasteiger partial charge >= 0.3 is 0 Å². The Morgan fingerprint density at radius 2 is 1.68 bits per heavy atom. The molecule has 4 heteroatoms. The Labute approximate surface area is 144 Å². The van der Waals surface area contributed by atoms with Gasteiger partial charge in [0.2, 0.25) is 12.3 Å². The maximum atomic E-state index is 5.79. The van der Waals surface area contributed by atoms with Gasteiger partial charge in [0.05, 0.1) is 17.4 Å². The van der Waals surface area contributed by atoms with Crippen LogP contribution in [0.4, 0.5) is 0 Å². The number of fused-ring (bicyclic) bond motifs is 6. The van der Waals surface area contributed by atoms with E-state index in [-0.39, 0.29) is 0 Å². The summed E-state index contributed by atoms with van der Waals surface area (Å²) in [4.78, 5) is 0. The van der Waals surface area contributed by atoms with Crippen molar-refractivity contribution in [1.82, 2.24) is 0 Å². The molecule has 0 bridgehead atoms. The second kappa shape index (κ2) is 4.54. The number of hydrogen-bond donors (Lipinski definition) is 0. The van der Waals surface area contributed by atoms with Gasteiger partial charge in [-0.15, -0.1) is 0 Å². The summed E-state index contributed by atoms with van der Waals surface area (Å²) >= 11 is 0. The summed E-state index contributed by atoms with van der Waals surface area (Å²) in [7, 11) is 0. The van der Waals surface area contributed by atoms with Crippen LogP contribution in [0.25, 0.3) is 27.1 Å². The Morgan fingerprint density at radius 1 is 0.840 bits per heavy atom. The lowest BCUT2D eigenvalue weighted by molar-refractivity contribution is -0.516. The maximum Gasteiger partial charge on any atom is 0.231 e. The normalized spacial score (nSPS) is 15.1. The molecule has 2 aromatic heterocycles. The van der Waals surface area contributed by atoms with Crippen LogP contribution in [0.3, 0.4) is 0 Å². The predicted molar refractivity (Wildman–Crippen MR) is 94.7 cm³/mol. The Bertz CT molecular complexity index is 1210. The molecule has 4 heterocycles. The molecule has 0 amide bonds. The molecule has 0 unspecified atom stereocenters. The maximum absolute atomic E-state index is 5.79. The van der Waals surface area contributed by atoms with E-state index in [1.54, 1.807) is 0 Å². The third-order valence-electron chi connectivity index (χ3n) is 5.39. The van der Waals surface area contributed by atoms with E-state index in [1.807, 2.05) is 0 Å². The number of nitrogens with zero attached hydrogens (tertiary/aromatic N) is 1. The van der Waals surface area contributed by atoms with Gasteiger partial charge in [0.1, 0.15) is 5.75 Å². The molecule has 25 heavy (non-hydrogen) atoms. The van der Waals surface area contributed by atoms with Gasteiger partial charge < -0.3 is 14.2 Å². The molecule has 2 aromatic carbocycles. The Hall–Kier alpha value is -3.01. The highest BCUT2D eigenvalue weighted by molar-refractivity contribution is 5.99. The zero-order chi connectivity index (χ0) is 16.5. The minimum absolute atomic E-state index is 0.295. The number of aromatic nitrogens is 1. The lowest BCUT2D eigenvalue weighted by Gasteiger charge is -2.07. The molecular weight excluding hydrogens is 314 g/mol. The van der Waals surface area contributed by atoms with Gasteiger partial charge in [-0.05, 0) is 40.6 Å². The lowest BCUT2D eigenvalue weighted by Crippen LogP contribution is -2.25. The quantitative estimate of drug-likeness (QED) is 0.280. The fraction of sp³-hybridized carbons (Fsp3) is 0.190. The third-order valence-corrected chi connectivity index (χ3v) is 5.39. The highest BCUT2D eigenvalue weighted by atomic mass is 16.7. The highest BCUT2D eigenvalue weighted by Crippen LogP contribution is 2.38. The van der Waals surface area contributed by atoms with Crippen LogP contribution in [0.2, 0.25) is 0 Å². The average molecular weight is 330 g/mol. The second-order valence-corrected chi connectivity index (χ2v) is 6.74. The van der Waals surface area contributed by atoms with Crippen LogP contribution in [-0.2, 0) is 6.42 Å². The first-order valence-corrected chi connectivity index (χ1v) is 8.55. The molecule has 0 saturated carbocycles. The highest BCUT2D eigenvalue weighted by Gasteiger charge is 2.22. The summed E-state index contributed by atoms with van der Waals surface area (Å²) in [6.45, 7) is 3.22. The summed E-state index contributed by atoms with van der Waals surface area (Å²) < 4.78 is 19.1. The van der Waals surface area contributed by atoms with Crippen LogP contribution in [-0.4, -0.2) is 13.4 Å². The van der Waals surface area contributed by atoms with Gasteiger partial charge in [-0.25, -0.2) is 0 Å². The summed E-state index contributed by atoms with van der Waals surface area (Å²) in [5.41, 5.74) is 3.67. The Morgan fingerprint density at radius 3 is 2.60 bits per heavy atom. The number of hydrogen-bond acceptors (Lipinski definition) is 3. The third kappa shape index (κ3) is 1.74. The standard InChI is InChI=1S/C21H16NO3/c1-12-16-9-21-20(24-11-25-21)8-15(16)7-18-17-10-19-14(3-5-23-19)6-13(17)2-4-22(12)18/h2,4,6-10H,3,5,11H2,1H3/q+1. The number of rotatable bonds is 0. The summed E-state index contributed by atoms with van der Waals surface area (Å²) in [5.74, 6) is 2.66. The second-order valence-electron chi connectivity index (χ2n) is 6.74. The van der Waals surface area contributed by atoms with E-state index in [4.69, 9.17) is 14.2 Å². The van der Waals surface area contributed by atoms with E-state index in [0.717, 1.165) is 35.7 Å². The summed E-state index contributed by atoms with van der Waals surface area (Å²) in [6, 6.07) is 13.0. The van der Waals surface area contributed by atoms with Crippen molar-refractivity contribution >= 4 is 27.1 Å². The number of benzene rings is 2. The van der Waals surface area contributed by atoms with Gasteiger partial charge in [-0.1, -0.05) is 0 Å². The smallest absolute Gasteiger partial charge is 0.231 e. The fourth-order valence-electron chi connectivity index (χ4n) is 4.08. The lowest BCUT2D eigenvalue weighted by atomic mass is 10.0. The van der Waals surface area contributed by atoms with Crippen molar-refractivity contribution < 1.29 is 18.6 Å². The topological polar surface area (TPSA) is 31.8 Å². The molecule has 4 aromatic rings. The fourth-order valence-corrected chi connectivity index (χ4v) is 4.08. The Balaban J connectivity index is 1.76. The molecule has 122 valence electrons. The molecule has 2 aliphatic heterocycles. The molecule has 0 radical (unpaired) electrons. The molecule has 0 saturated heterocycles. The van der Waals surface area contributed by atoms with E-state index in [0.29, 0.717) is 6.79 Å². The monoisotopic (exact) mass is 330 g/mol. The van der Waals surface area contributed by atoms with Crippen molar-refractivity contribution in [3.63, 3.8) is 0 Å². The van der Waals surface area contributed by atoms with E-state index in [9.17, 15) is 0 Å². The molecule has 0 fully saturated rings. The van der Waals surface area contributed by atoms with Crippen LogP contribution in [0.1, 0.15) is 11.3 Å². The predicted octanol–water partition coefficient (Wildman–Crippen LogP) is 3.70. The van der Waals surface area contributed by atoms with E-state index in [1.165, 1.54) is 32.9 Å². The van der Waals surface area contributed by atoms with Crippen LogP contribution >= 0.6 is 0 Å². The van der Waals surface area contributed by atoms with Crippen molar-refractivity contribution in [3.05, 3.63) is 53.9 Å². The number of pyridine rings is 2. The summed E-state index contributed by atoms with van der Waals surface area (Å²) in [6.07, 6.45) is 3.15. The first-order chi connectivity index (χ1) is 12.3. The molecule has 0 aliphatic carbocycles. The van der Waals surface area contributed by atoms with Gasteiger partial charge in [0, 0.05) is 25.5 Å². The molecule has 4 nitrogen and oxygen atoms in total. The van der Waals surface area contributed by atoms with Crippen LogP contribution < -0.4 is 18.6 Å². The van der Waals surface area contributed by atoms with Gasteiger partial charge in [0.15, 0.2) is 23.4 Å². The van der Waals surface area contributed by atoms with E-state index >= 15 is 0 Å². The van der Waals surface area contributed by atoms with Crippen molar-refractivity contribution in [2.45, 2.75) is 13.3 Å². The van der Waals surface area contributed by atoms with Crippen LogP contribution in [0.5, 0.6) is 17.2 Å². The van der Waals surface area contributed by atoms with Crippen LogP contribution in [0.15, 0.2) is 42.6 Å². The van der Waals surface area contributed by atoms with Crippen molar-refractivity contribution in [3.8, 4) is 17.2 Å². The zero-order valence-corrected chi connectivity index (χ0v) is 13.8. The first-order valence-electron chi connectivity index (χ1n) is 8.55. The first kappa shape index (κ1) is 13.3. The molecule has 0 N–H and O–H groups in total. The molecule has 0 atom stereocenters. The minimum atomic E-state index is 0.295.